The van der Waals surface area contributed by atoms with Crippen molar-refractivity contribution in [2.24, 2.45) is 5.41 Å². The van der Waals surface area contributed by atoms with Crippen molar-refractivity contribution in [3.8, 4) is 11.4 Å². The molecule has 0 bridgehead atoms. The fourth-order valence-electron chi connectivity index (χ4n) is 2.79. The van der Waals surface area contributed by atoms with E-state index in [2.05, 4.69) is 17.1 Å². The maximum Gasteiger partial charge on any atom is 0.269 e. The molecular formula is C20H28N4O4. The van der Waals surface area contributed by atoms with Crippen LogP contribution in [0.5, 0.6) is 0 Å². The molecule has 0 aliphatic carbocycles. The molecule has 2 aromatic rings. The molecule has 0 saturated heterocycles. The molecule has 1 atom stereocenters. The third-order valence-corrected chi connectivity index (χ3v) is 4.50. The number of carbonyl (C=O) groups excluding carboxylic acids is 1. The summed E-state index contributed by atoms with van der Waals surface area (Å²) >= 11 is 0. The van der Waals surface area contributed by atoms with Gasteiger partial charge in [0.05, 0.1) is 4.92 Å². The lowest BCUT2D eigenvalue weighted by Gasteiger charge is -2.31. The number of hydrogen-bond acceptors (Lipinski definition) is 6. The average Bonchev–Trinajstić information content (AvgIpc) is 3.09. The van der Waals surface area contributed by atoms with Gasteiger partial charge >= 0.3 is 0 Å². The molecule has 1 amide bonds. The maximum absolute atomic E-state index is 12.7. The van der Waals surface area contributed by atoms with Crippen molar-refractivity contribution in [2.75, 3.05) is 6.54 Å². The monoisotopic (exact) mass is 388 g/mol. The van der Waals surface area contributed by atoms with Gasteiger partial charge in [0, 0.05) is 43.1 Å². The molecule has 0 radical (unpaired) electrons. The summed E-state index contributed by atoms with van der Waals surface area (Å²) in [7, 11) is 0. The third kappa shape index (κ3) is 5.87. The van der Waals surface area contributed by atoms with Gasteiger partial charge < -0.3 is 9.42 Å². The fourth-order valence-corrected chi connectivity index (χ4v) is 2.79. The molecule has 0 spiro atoms. The largest absolute Gasteiger partial charge is 0.339 e. The SMILES string of the molecule is CCC(C)N(CCc1nc(-c2ccc([N+](=O)[O-])cc2)no1)C(=O)CC(C)(C)C. The molecule has 28 heavy (non-hydrogen) atoms. The van der Waals surface area contributed by atoms with Crippen molar-refractivity contribution in [2.45, 2.75) is 59.9 Å². The smallest absolute Gasteiger partial charge is 0.269 e. The van der Waals surface area contributed by atoms with Gasteiger partial charge in [0.1, 0.15) is 0 Å². The fraction of sp³-hybridized carbons (Fsp3) is 0.550. The van der Waals surface area contributed by atoms with Crippen molar-refractivity contribution in [1.29, 1.82) is 0 Å². The van der Waals surface area contributed by atoms with E-state index in [0.29, 0.717) is 36.7 Å². The second-order valence-electron chi connectivity index (χ2n) is 8.15. The Morgan fingerprint density at radius 2 is 1.93 bits per heavy atom. The minimum atomic E-state index is -0.455. The van der Waals surface area contributed by atoms with Crippen LogP contribution in [0.3, 0.4) is 0 Å². The molecule has 2 rings (SSSR count). The lowest BCUT2D eigenvalue weighted by Crippen LogP contribution is -2.41. The van der Waals surface area contributed by atoms with Crippen LogP contribution in [-0.2, 0) is 11.2 Å². The van der Waals surface area contributed by atoms with E-state index in [1.165, 1.54) is 12.1 Å². The Balaban J connectivity index is 2.06. The highest BCUT2D eigenvalue weighted by Gasteiger charge is 2.24. The first-order valence-electron chi connectivity index (χ1n) is 9.47. The van der Waals surface area contributed by atoms with Crippen LogP contribution < -0.4 is 0 Å². The molecule has 1 unspecified atom stereocenters. The number of benzene rings is 1. The van der Waals surface area contributed by atoms with Crippen LogP contribution in [0.25, 0.3) is 11.4 Å². The first kappa shape index (κ1) is 21.5. The van der Waals surface area contributed by atoms with Crippen molar-refractivity contribution in [3.05, 3.63) is 40.3 Å². The van der Waals surface area contributed by atoms with Crippen LogP contribution in [0.1, 0.15) is 53.4 Å². The number of aromatic nitrogens is 2. The average molecular weight is 388 g/mol. The molecule has 0 aliphatic heterocycles. The highest BCUT2D eigenvalue weighted by atomic mass is 16.6. The second kappa shape index (κ2) is 8.95. The van der Waals surface area contributed by atoms with Crippen LogP contribution in [0.15, 0.2) is 28.8 Å². The van der Waals surface area contributed by atoms with Gasteiger partial charge in [0.25, 0.3) is 5.69 Å². The summed E-state index contributed by atoms with van der Waals surface area (Å²) in [6.45, 7) is 10.8. The van der Waals surface area contributed by atoms with Crippen molar-refractivity contribution in [3.63, 3.8) is 0 Å². The van der Waals surface area contributed by atoms with Crippen LogP contribution >= 0.6 is 0 Å². The Kier molecular flexibility index (Phi) is 6.88. The quantitative estimate of drug-likeness (QED) is 0.495. The van der Waals surface area contributed by atoms with E-state index >= 15 is 0 Å². The van der Waals surface area contributed by atoms with E-state index in [0.717, 1.165) is 6.42 Å². The summed E-state index contributed by atoms with van der Waals surface area (Å²) in [5.41, 5.74) is 0.577. The zero-order chi connectivity index (χ0) is 20.9. The van der Waals surface area contributed by atoms with Gasteiger partial charge in [-0.25, -0.2) is 0 Å². The van der Waals surface area contributed by atoms with Gasteiger partial charge in [-0.2, -0.15) is 4.98 Å². The van der Waals surface area contributed by atoms with Gasteiger partial charge in [-0.05, 0) is 30.9 Å². The van der Waals surface area contributed by atoms with Gasteiger partial charge in [-0.15, -0.1) is 0 Å². The number of nitro benzene ring substituents is 1. The standard InChI is InChI=1S/C20H28N4O4/c1-6-14(2)23(18(25)13-20(3,4)5)12-11-17-21-19(22-28-17)15-7-9-16(10-8-15)24(26)27/h7-10,14H,6,11-13H2,1-5H3. The number of non-ortho nitro benzene ring substituents is 1. The van der Waals surface area contributed by atoms with E-state index in [1.54, 1.807) is 12.1 Å². The van der Waals surface area contributed by atoms with Gasteiger partial charge in [0.2, 0.25) is 17.6 Å². The normalized spacial score (nSPS) is 12.6. The summed E-state index contributed by atoms with van der Waals surface area (Å²) in [6, 6.07) is 6.12. The molecule has 8 nitrogen and oxygen atoms in total. The molecule has 152 valence electrons. The molecule has 0 aliphatic rings. The Hall–Kier alpha value is -2.77. The van der Waals surface area contributed by atoms with E-state index in [-0.39, 0.29) is 23.1 Å². The van der Waals surface area contributed by atoms with Crippen LogP contribution in [0, 0.1) is 15.5 Å². The molecular weight excluding hydrogens is 360 g/mol. The van der Waals surface area contributed by atoms with Crippen LogP contribution in [0.2, 0.25) is 0 Å². The lowest BCUT2D eigenvalue weighted by molar-refractivity contribution is -0.384. The first-order chi connectivity index (χ1) is 13.1. The Labute approximate surface area is 165 Å². The molecule has 1 aromatic carbocycles. The van der Waals surface area contributed by atoms with Crippen molar-refractivity contribution in [1.82, 2.24) is 15.0 Å². The molecule has 0 saturated carbocycles. The molecule has 0 N–H and O–H groups in total. The lowest BCUT2D eigenvalue weighted by atomic mass is 9.91. The summed E-state index contributed by atoms with van der Waals surface area (Å²) in [5.74, 6) is 0.933. The molecule has 1 heterocycles. The predicted molar refractivity (Wildman–Crippen MR) is 106 cm³/mol. The second-order valence-corrected chi connectivity index (χ2v) is 8.15. The maximum atomic E-state index is 12.7. The summed E-state index contributed by atoms with van der Waals surface area (Å²) < 4.78 is 5.31. The highest BCUT2D eigenvalue weighted by Crippen LogP contribution is 2.22. The minimum absolute atomic E-state index is 0.00836. The van der Waals surface area contributed by atoms with E-state index in [4.69, 9.17) is 4.52 Å². The highest BCUT2D eigenvalue weighted by molar-refractivity contribution is 5.77. The first-order valence-corrected chi connectivity index (χ1v) is 9.47. The van der Waals surface area contributed by atoms with E-state index in [9.17, 15) is 14.9 Å². The number of rotatable bonds is 8. The minimum Gasteiger partial charge on any atom is -0.339 e. The Bertz CT molecular complexity index is 808. The predicted octanol–water partition coefficient (Wildman–Crippen LogP) is 4.25. The van der Waals surface area contributed by atoms with Crippen molar-refractivity contribution >= 4 is 11.6 Å². The summed E-state index contributed by atoms with van der Waals surface area (Å²) in [4.78, 5) is 29.2. The zero-order valence-corrected chi connectivity index (χ0v) is 17.1. The Morgan fingerprint density at radius 3 is 2.46 bits per heavy atom. The zero-order valence-electron chi connectivity index (χ0n) is 17.1. The number of carbonyl (C=O) groups is 1. The number of nitro groups is 1. The molecule has 0 fully saturated rings. The summed E-state index contributed by atoms with van der Waals surface area (Å²) in [5, 5.41) is 14.7. The number of hydrogen-bond donors (Lipinski definition) is 0. The van der Waals surface area contributed by atoms with Gasteiger partial charge in [-0.1, -0.05) is 32.9 Å². The number of amides is 1. The molecule has 1 aromatic heterocycles. The van der Waals surface area contributed by atoms with Crippen molar-refractivity contribution < 1.29 is 14.2 Å². The third-order valence-electron chi connectivity index (χ3n) is 4.50. The number of nitrogens with zero attached hydrogens (tertiary/aromatic N) is 4. The van der Waals surface area contributed by atoms with Crippen LogP contribution in [0.4, 0.5) is 5.69 Å². The topological polar surface area (TPSA) is 102 Å². The molecule has 8 heteroatoms. The Morgan fingerprint density at radius 1 is 1.29 bits per heavy atom. The van der Waals surface area contributed by atoms with Crippen LogP contribution in [-0.4, -0.2) is 38.5 Å². The van der Waals surface area contributed by atoms with Gasteiger partial charge in [0.15, 0.2) is 0 Å². The summed E-state index contributed by atoms with van der Waals surface area (Å²) in [6.07, 6.45) is 1.81. The van der Waals surface area contributed by atoms with E-state index in [1.807, 2.05) is 32.6 Å². The van der Waals surface area contributed by atoms with E-state index < -0.39 is 4.92 Å². The van der Waals surface area contributed by atoms with Gasteiger partial charge in [-0.3, -0.25) is 14.9 Å².